The van der Waals surface area contributed by atoms with Crippen molar-refractivity contribution in [2.24, 2.45) is 0 Å². The molecule has 0 amide bonds. The Labute approximate surface area is 128 Å². The number of hydrogen-bond acceptors (Lipinski definition) is 4. The second-order valence-corrected chi connectivity index (χ2v) is 4.82. The van der Waals surface area contributed by atoms with Gasteiger partial charge in [-0.2, -0.15) is 4.98 Å². The molecule has 2 aromatic rings. The van der Waals surface area contributed by atoms with E-state index in [1.165, 1.54) is 12.1 Å². The molecule has 0 unspecified atom stereocenters. The number of ether oxygens (including phenoxy) is 1. The molecule has 0 fully saturated rings. The van der Waals surface area contributed by atoms with Crippen LogP contribution < -0.4 is 9.64 Å². The molecule has 0 N–H and O–H groups in total. The minimum absolute atomic E-state index is 0.107. The molecule has 0 radical (unpaired) electrons. The Morgan fingerprint density at radius 2 is 1.86 bits per heavy atom. The average Bonchev–Trinajstić information content (AvgIpc) is 2.53. The lowest BCUT2D eigenvalue weighted by Gasteiger charge is -2.21. The van der Waals surface area contributed by atoms with E-state index in [0.717, 1.165) is 18.2 Å². The summed E-state index contributed by atoms with van der Waals surface area (Å²) in [7, 11) is 0. The van der Waals surface area contributed by atoms with Gasteiger partial charge in [0.25, 0.3) is 0 Å². The molecule has 0 saturated heterocycles. The lowest BCUT2D eigenvalue weighted by molar-refractivity contribution is 0.279. The Morgan fingerprint density at radius 3 is 2.50 bits per heavy atom. The molecule has 0 atom stereocenters. The van der Waals surface area contributed by atoms with Crippen molar-refractivity contribution >= 4 is 5.82 Å². The Hall–Kier alpha value is -2.24. The monoisotopic (exact) mass is 307 g/mol. The van der Waals surface area contributed by atoms with Crippen molar-refractivity contribution in [3.63, 3.8) is 0 Å². The molecule has 1 heterocycles. The minimum Gasteiger partial charge on any atom is -0.459 e. The summed E-state index contributed by atoms with van der Waals surface area (Å²) < 4.78 is 32.2. The van der Waals surface area contributed by atoms with Gasteiger partial charge in [-0.1, -0.05) is 19.1 Å². The first kappa shape index (κ1) is 16.1. The molecular formula is C16H19F2N3O. The highest BCUT2D eigenvalue weighted by molar-refractivity contribution is 5.39. The zero-order valence-corrected chi connectivity index (χ0v) is 12.7. The van der Waals surface area contributed by atoms with Crippen LogP contribution in [0, 0.1) is 11.6 Å². The fraction of sp³-hybridized carbons (Fsp3) is 0.375. The van der Waals surface area contributed by atoms with E-state index >= 15 is 0 Å². The van der Waals surface area contributed by atoms with Crippen molar-refractivity contribution in [2.75, 3.05) is 18.0 Å². The second kappa shape index (κ2) is 7.68. The number of rotatable bonds is 7. The Bertz CT molecular complexity index is 605. The van der Waals surface area contributed by atoms with Crippen LogP contribution >= 0.6 is 0 Å². The van der Waals surface area contributed by atoms with E-state index in [9.17, 15) is 8.78 Å². The lowest BCUT2D eigenvalue weighted by atomic mass is 10.2. The van der Waals surface area contributed by atoms with Crippen LogP contribution in [-0.2, 0) is 6.61 Å². The maximum absolute atomic E-state index is 13.9. The van der Waals surface area contributed by atoms with E-state index in [0.29, 0.717) is 13.1 Å². The minimum atomic E-state index is -0.468. The Balaban J connectivity index is 2.09. The fourth-order valence-electron chi connectivity index (χ4n) is 2.05. The van der Waals surface area contributed by atoms with Gasteiger partial charge in [-0.3, -0.25) is 0 Å². The highest BCUT2D eigenvalue weighted by atomic mass is 19.1. The maximum Gasteiger partial charge on any atom is 0.318 e. The number of halogens is 2. The maximum atomic E-state index is 13.9. The number of anilines is 1. The highest BCUT2D eigenvalue weighted by Crippen LogP contribution is 2.19. The Morgan fingerprint density at radius 1 is 1.14 bits per heavy atom. The molecule has 22 heavy (non-hydrogen) atoms. The van der Waals surface area contributed by atoms with Gasteiger partial charge in [0.1, 0.15) is 12.4 Å². The van der Waals surface area contributed by atoms with Crippen molar-refractivity contribution in [3.8, 4) is 6.01 Å². The van der Waals surface area contributed by atoms with Crippen molar-refractivity contribution in [2.45, 2.75) is 26.9 Å². The summed E-state index contributed by atoms with van der Waals surface area (Å²) in [4.78, 5) is 9.81. The molecule has 1 aromatic heterocycles. The van der Waals surface area contributed by atoms with E-state index in [1.54, 1.807) is 12.1 Å². The SMILES string of the molecule is CCCN(CC)c1nc(OCc2ccc(F)cc2)ncc1F. The van der Waals surface area contributed by atoms with Crippen LogP contribution in [0.15, 0.2) is 30.5 Å². The fourth-order valence-corrected chi connectivity index (χ4v) is 2.05. The van der Waals surface area contributed by atoms with Crippen LogP contribution in [0.25, 0.3) is 0 Å². The molecule has 0 bridgehead atoms. The zero-order chi connectivity index (χ0) is 15.9. The van der Waals surface area contributed by atoms with Gasteiger partial charge in [0.05, 0.1) is 6.20 Å². The summed E-state index contributed by atoms with van der Waals surface area (Å²) in [6.45, 7) is 5.52. The number of hydrogen-bond donors (Lipinski definition) is 0. The highest BCUT2D eigenvalue weighted by Gasteiger charge is 2.13. The molecule has 1 aromatic carbocycles. The Kier molecular flexibility index (Phi) is 5.63. The molecular weight excluding hydrogens is 288 g/mol. The quantitative estimate of drug-likeness (QED) is 0.784. The number of nitrogens with zero attached hydrogens (tertiary/aromatic N) is 3. The van der Waals surface area contributed by atoms with Gasteiger partial charge < -0.3 is 9.64 Å². The molecule has 2 rings (SSSR count). The van der Waals surface area contributed by atoms with Gasteiger partial charge in [0.15, 0.2) is 11.6 Å². The summed E-state index contributed by atoms with van der Waals surface area (Å²) in [5, 5.41) is 0. The van der Waals surface area contributed by atoms with Gasteiger partial charge in [0.2, 0.25) is 0 Å². The summed E-state index contributed by atoms with van der Waals surface area (Å²) in [5.41, 5.74) is 0.789. The van der Waals surface area contributed by atoms with Gasteiger partial charge in [0, 0.05) is 13.1 Å². The summed E-state index contributed by atoms with van der Waals surface area (Å²) in [5.74, 6) is -0.528. The molecule has 118 valence electrons. The second-order valence-electron chi connectivity index (χ2n) is 4.82. The predicted molar refractivity (Wildman–Crippen MR) is 80.9 cm³/mol. The summed E-state index contributed by atoms with van der Waals surface area (Å²) in [6, 6.07) is 6.06. The predicted octanol–water partition coefficient (Wildman–Crippen LogP) is 3.57. The van der Waals surface area contributed by atoms with E-state index in [4.69, 9.17) is 4.74 Å². The average molecular weight is 307 g/mol. The smallest absolute Gasteiger partial charge is 0.318 e. The largest absolute Gasteiger partial charge is 0.459 e. The van der Waals surface area contributed by atoms with Gasteiger partial charge in [-0.05, 0) is 31.0 Å². The molecule has 0 aliphatic carbocycles. The van der Waals surface area contributed by atoms with Crippen molar-refractivity contribution < 1.29 is 13.5 Å². The molecule has 0 saturated carbocycles. The van der Waals surface area contributed by atoms with Gasteiger partial charge in [-0.15, -0.1) is 0 Å². The zero-order valence-electron chi connectivity index (χ0n) is 12.7. The van der Waals surface area contributed by atoms with Crippen LogP contribution in [0.4, 0.5) is 14.6 Å². The standard InChI is InChI=1S/C16H19F2N3O/c1-3-9-21(4-2)15-14(18)10-19-16(20-15)22-11-12-5-7-13(17)8-6-12/h5-8,10H,3-4,9,11H2,1-2H3. The summed E-state index contributed by atoms with van der Waals surface area (Å²) >= 11 is 0. The summed E-state index contributed by atoms with van der Waals surface area (Å²) in [6.07, 6.45) is 2.00. The first-order chi connectivity index (χ1) is 10.6. The van der Waals surface area contributed by atoms with E-state index in [2.05, 4.69) is 9.97 Å². The van der Waals surface area contributed by atoms with Crippen LogP contribution in [0.3, 0.4) is 0 Å². The number of benzene rings is 1. The molecule has 6 heteroatoms. The van der Waals surface area contributed by atoms with Crippen molar-refractivity contribution in [1.29, 1.82) is 0 Å². The van der Waals surface area contributed by atoms with Crippen molar-refractivity contribution in [3.05, 3.63) is 47.7 Å². The third kappa shape index (κ3) is 4.13. The van der Waals surface area contributed by atoms with Gasteiger partial charge >= 0.3 is 6.01 Å². The van der Waals surface area contributed by atoms with Crippen LogP contribution in [0.5, 0.6) is 6.01 Å². The topological polar surface area (TPSA) is 38.2 Å². The number of aromatic nitrogens is 2. The van der Waals surface area contributed by atoms with Crippen molar-refractivity contribution in [1.82, 2.24) is 9.97 Å². The third-order valence-corrected chi connectivity index (χ3v) is 3.16. The van der Waals surface area contributed by atoms with Crippen LogP contribution in [-0.4, -0.2) is 23.1 Å². The van der Waals surface area contributed by atoms with E-state index < -0.39 is 5.82 Å². The first-order valence-corrected chi connectivity index (χ1v) is 7.28. The van der Waals surface area contributed by atoms with Gasteiger partial charge in [-0.25, -0.2) is 13.8 Å². The first-order valence-electron chi connectivity index (χ1n) is 7.28. The van der Waals surface area contributed by atoms with E-state index in [-0.39, 0.29) is 24.3 Å². The van der Waals surface area contributed by atoms with E-state index in [1.807, 2.05) is 18.7 Å². The molecule has 0 aliphatic heterocycles. The lowest BCUT2D eigenvalue weighted by Crippen LogP contribution is -2.26. The third-order valence-electron chi connectivity index (χ3n) is 3.16. The molecule has 0 aliphatic rings. The molecule has 4 nitrogen and oxygen atoms in total. The van der Waals surface area contributed by atoms with Crippen LogP contribution in [0.2, 0.25) is 0 Å². The van der Waals surface area contributed by atoms with Crippen LogP contribution in [0.1, 0.15) is 25.8 Å². The normalized spacial score (nSPS) is 10.5. The molecule has 0 spiro atoms.